The molecule has 0 aliphatic rings. The van der Waals surface area contributed by atoms with Gasteiger partial charge in [0.2, 0.25) is 0 Å². The van der Waals surface area contributed by atoms with Crippen LogP contribution in [0.4, 0.5) is 0 Å². The molecular weight excluding hydrogens is 280 g/mol. The number of aromatic nitrogens is 2. The molecular formula is C16H22N4O2. The van der Waals surface area contributed by atoms with Crippen molar-refractivity contribution in [3.63, 3.8) is 0 Å². The number of rotatable bonds is 4. The van der Waals surface area contributed by atoms with Crippen molar-refractivity contribution in [3.05, 3.63) is 46.0 Å². The van der Waals surface area contributed by atoms with Crippen LogP contribution in [0.2, 0.25) is 0 Å². The van der Waals surface area contributed by atoms with Crippen molar-refractivity contribution < 1.29 is 4.79 Å². The van der Waals surface area contributed by atoms with Crippen molar-refractivity contribution in [1.29, 1.82) is 0 Å². The molecule has 0 bridgehead atoms. The Kier molecular flexibility index (Phi) is 4.32. The van der Waals surface area contributed by atoms with Crippen molar-refractivity contribution in [2.45, 2.75) is 20.8 Å². The highest BCUT2D eigenvalue weighted by molar-refractivity contribution is 5.93. The molecule has 0 aliphatic carbocycles. The van der Waals surface area contributed by atoms with Crippen molar-refractivity contribution in [2.75, 3.05) is 20.1 Å². The molecule has 6 heteroatoms. The molecule has 0 unspecified atom stereocenters. The van der Waals surface area contributed by atoms with E-state index in [1.165, 1.54) is 15.5 Å². The maximum absolute atomic E-state index is 12.5. The summed E-state index contributed by atoms with van der Waals surface area (Å²) in [6, 6.07) is 3.63. The lowest BCUT2D eigenvalue weighted by Gasteiger charge is -2.28. The van der Waals surface area contributed by atoms with Crippen LogP contribution in [0.5, 0.6) is 0 Å². The zero-order valence-corrected chi connectivity index (χ0v) is 13.5. The molecule has 0 saturated carbocycles. The normalized spacial score (nSPS) is 11.7. The fourth-order valence-electron chi connectivity index (χ4n) is 2.31. The highest BCUT2D eigenvalue weighted by Crippen LogP contribution is 2.15. The number of carbonyl (C=O) groups excluding carboxylic acids is 1. The number of hydrogen-bond donors (Lipinski definition) is 1. The van der Waals surface area contributed by atoms with Gasteiger partial charge in [0.1, 0.15) is 11.2 Å². The van der Waals surface area contributed by atoms with Gasteiger partial charge in [0.05, 0.1) is 0 Å². The largest absolute Gasteiger partial charge is 0.341 e. The standard InChI is InChI=1S/C16H22N4O2/c1-11-5-6-13-18-7-12(15(22)20(13)8-11)14(21)19(4)10-16(2,3)9-17/h5-8H,9-10,17H2,1-4H3. The molecule has 2 N–H and O–H groups in total. The summed E-state index contributed by atoms with van der Waals surface area (Å²) < 4.78 is 1.41. The molecule has 118 valence electrons. The predicted octanol–water partition coefficient (Wildman–Crippen LogP) is 1.06. The third-order valence-corrected chi connectivity index (χ3v) is 3.64. The van der Waals surface area contributed by atoms with E-state index in [-0.39, 0.29) is 22.4 Å². The van der Waals surface area contributed by atoms with Gasteiger partial charge in [0.15, 0.2) is 0 Å². The van der Waals surface area contributed by atoms with E-state index < -0.39 is 0 Å². The van der Waals surface area contributed by atoms with Crippen molar-refractivity contribution in [2.24, 2.45) is 11.1 Å². The topological polar surface area (TPSA) is 80.7 Å². The van der Waals surface area contributed by atoms with Crippen LogP contribution in [0.15, 0.2) is 29.3 Å². The van der Waals surface area contributed by atoms with E-state index in [1.54, 1.807) is 19.3 Å². The first-order chi connectivity index (χ1) is 10.2. The Bertz CT molecular complexity index is 764. The summed E-state index contributed by atoms with van der Waals surface area (Å²) in [6.45, 7) is 6.77. The number of amides is 1. The van der Waals surface area contributed by atoms with Crippen molar-refractivity contribution in [1.82, 2.24) is 14.3 Å². The van der Waals surface area contributed by atoms with E-state index in [9.17, 15) is 9.59 Å². The molecule has 1 amide bonds. The van der Waals surface area contributed by atoms with Gasteiger partial charge in [-0.1, -0.05) is 19.9 Å². The Morgan fingerprint density at radius 3 is 2.73 bits per heavy atom. The molecule has 2 aromatic heterocycles. The second-order valence-electron chi connectivity index (χ2n) is 6.44. The van der Waals surface area contributed by atoms with Crippen LogP contribution in [0.25, 0.3) is 5.65 Å². The average Bonchev–Trinajstić information content (AvgIpc) is 2.47. The molecule has 22 heavy (non-hydrogen) atoms. The third kappa shape index (κ3) is 3.17. The van der Waals surface area contributed by atoms with Crippen LogP contribution in [0.1, 0.15) is 29.8 Å². The number of hydrogen-bond acceptors (Lipinski definition) is 4. The summed E-state index contributed by atoms with van der Waals surface area (Å²) in [4.78, 5) is 30.7. The first-order valence-electron chi connectivity index (χ1n) is 7.19. The molecule has 0 atom stereocenters. The van der Waals surface area contributed by atoms with Gasteiger partial charge < -0.3 is 10.6 Å². The fraction of sp³-hybridized carbons (Fsp3) is 0.438. The molecule has 0 saturated heterocycles. The molecule has 0 aromatic carbocycles. The van der Waals surface area contributed by atoms with Crippen LogP contribution >= 0.6 is 0 Å². The summed E-state index contributed by atoms with van der Waals surface area (Å²) in [5.41, 5.74) is 6.66. The summed E-state index contributed by atoms with van der Waals surface area (Å²) in [5, 5.41) is 0. The van der Waals surface area contributed by atoms with Gasteiger partial charge in [-0.2, -0.15) is 0 Å². The average molecular weight is 302 g/mol. The maximum atomic E-state index is 12.5. The maximum Gasteiger partial charge on any atom is 0.270 e. The zero-order valence-electron chi connectivity index (χ0n) is 13.5. The Labute approximate surface area is 129 Å². The van der Waals surface area contributed by atoms with Gasteiger partial charge in [-0.25, -0.2) is 4.98 Å². The van der Waals surface area contributed by atoms with E-state index in [1.807, 2.05) is 26.8 Å². The van der Waals surface area contributed by atoms with Gasteiger partial charge in [-0.05, 0) is 30.5 Å². The Balaban J connectivity index is 2.40. The van der Waals surface area contributed by atoms with Gasteiger partial charge in [0.25, 0.3) is 11.5 Å². The number of nitrogens with zero attached hydrogens (tertiary/aromatic N) is 3. The van der Waals surface area contributed by atoms with Crippen LogP contribution in [-0.2, 0) is 0 Å². The molecule has 2 heterocycles. The Morgan fingerprint density at radius 1 is 1.41 bits per heavy atom. The van der Waals surface area contributed by atoms with Gasteiger partial charge >= 0.3 is 0 Å². The SMILES string of the molecule is Cc1ccc2ncc(C(=O)N(C)CC(C)(C)CN)c(=O)n2c1. The molecule has 0 spiro atoms. The zero-order chi connectivity index (χ0) is 16.5. The smallest absolute Gasteiger partial charge is 0.270 e. The second-order valence-corrected chi connectivity index (χ2v) is 6.44. The summed E-state index contributed by atoms with van der Waals surface area (Å²) in [7, 11) is 1.67. The third-order valence-electron chi connectivity index (χ3n) is 3.64. The van der Waals surface area contributed by atoms with Crippen LogP contribution in [0.3, 0.4) is 0 Å². The first kappa shape index (κ1) is 16.2. The number of pyridine rings is 1. The molecule has 2 rings (SSSR count). The highest BCUT2D eigenvalue weighted by atomic mass is 16.2. The van der Waals surface area contributed by atoms with Crippen LogP contribution in [0, 0.1) is 12.3 Å². The molecule has 6 nitrogen and oxygen atoms in total. The summed E-state index contributed by atoms with van der Waals surface area (Å²) in [5.74, 6) is -0.338. The summed E-state index contributed by atoms with van der Waals surface area (Å²) in [6.07, 6.45) is 3.03. The van der Waals surface area contributed by atoms with E-state index in [0.717, 1.165) is 5.56 Å². The fourth-order valence-corrected chi connectivity index (χ4v) is 2.31. The van der Waals surface area contributed by atoms with E-state index in [0.29, 0.717) is 18.7 Å². The minimum atomic E-state index is -0.351. The van der Waals surface area contributed by atoms with E-state index in [4.69, 9.17) is 5.73 Å². The quantitative estimate of drug-likeness (QED) is 0.915. The predicted molar refractivity (Wildman–Crippen MR) is 86.0 cm³/mol. The molecule has 0 aliphatic heterocycles. The minimum Gasteiger partial charge on any atom is -0.341 e. The number of nitrogens with two attached hydrogens (primary N) is 1. The monoisotopic (exact) mass is 302 g/mol. The highest BCUT2D eigenvalue weighted by Gasteiger charge is 2.24. The lowest BCUT2D eigenvalue weighted by atomic mass is 9.93. The van der Waals surface area contributed by atoms with Crippen LogP contribution < -0.4 is 11.3 Å². The van der Waals surface area contributed by atoms with Gasteiger partial charge in [0, 0.05) is 26.0 Å². The van der Waals surface area contributed by atoms with Crippen LogP contribution in [-0.4, -0.2) is 40.3 Å². The lowest BCUT2D eigenvalue weighted by Crippen LogP contribution is -2.41. The van der Waals surface area contributed by atoms with Gasteiger partial charge in [-0.15, -0.1) is 0 Å². The van der Waals surface area contributed by atoms with Gasteiger partial charge in [-0.3, -0.25) is 14.0 Å². The number of fused-ring (bicyclic) bond motifs is 1. The number of aryl methyl sites for hydroxylation is 1. The van der Waals surface area contributed by atoms with Crippen molar-refractivity contribution in [3.8, 4) is 0 Å². The summed E-state index contributed by atoms with van der Waals surface area (Å²) >= 11 is 0. The second kappa shape index (κ2) is 5.88. The van der Waals surface area contributed by atoms with Crippen molar-refractivity contribution >= 4 is 11.6 Å². The Hall–Kier alpha value is -2.21. The first-order valence-corrected chi connectivity index (χ1v) is 7.19. The number of carbonyl (C=O) groups is 1. The Morgan fingerprint density at radius 2 is 2.09 bits per heavy atom. The molecule has 0 fully saturated rings. The van der Waals surface area contributed by atoms with E-state index in [2.05, 4.69) is 4.98 Å². The van der Waals surface area contributed by atoms with E-state index >= 15 is 0 Å². The lowest BCUT2D eigenvalue weighted by molar-refractivity contribution is 0.0738. The minimum absolute atomic E-state index is 0.0680. The molecule has 0 radical (unpaired) electrons. The molecule has 2 aromatic rings.